The van der Waals surface area contributed by atoms with Gasteiger partial charge in [0.15, 0.2) is 0 Å². The van der Waals surface area contributed by atoms with Crippen LogP contribution in [-0.4, -0.2) is 23.9 Å². The fourth-order valence-corrected chi connectivity index (χ4v) is 0. The molecule has 4 heavy (non-hydrogen) atoms. The average Bonchev–Trinajstić information content (AvgIpc) is 1.00. The van der Waals surface area contributed by atoms with Crippen LogP contribution in [0.3, 0.4) is 0 Å². The molecule has 0 spiro atoms. The van der Waals surface area contributed by atoms with Crippen LogP contribution in [0.2, 0.25) is 0 Å². The molecule has 0 rings (SSSR count). The summed E-state index contributed by atoms with van der Waals surface area (Å²) >= 11 is 0. The van der Waals surface area contributed by atoms with Crippen LogP contribution >= 0.6 is 12.4 Å². The summed E-state index contributed by atoms with van der Waals surface area (Å²) in [5.74, 6) is 0. The second kappa shape index (κ2) is 85.3. The van der Waals surface area contributed by atoms with Crippen LogP contribution in [-0.2, 0) is 0 Å². The van der Waals surface area contributed by atoms with Crippen molar-refractivity contribution in [2.45, 2.75) is 0 Å². The van der Waals surface area contributed by atoms with Crippen LogP contribution in [0.5, 0.6) is 0 Å². The van der Waals surface area contributed by atoms with Crippen LogP contribution in [0.4, 0.5) is 0 Å². The molecule has 0 aromatic rings. The first-order chi connectivity index (χ1) is 1.00. The van der Waals surface area contributed by atoms with E-state index in [0.29, 0.717) is 0 Å². The molecule has 0 N–H and O–H groups in total. The van der Waals surface area contributed by atoms with Crippen LogP contribution in [0.1, 0.15) is 0 Å². The summed E-state index contributed by atoms with van der Waals surface area (Å²) in [4.78, 5) is 0. The van der Waals surface area contributed by atoms with Gasteiger partial charge in [-0.2, -0.15) is 0 Å². The van der Waals surface area contributed by atoms with Crippen molar-refractivity contribution in [2.24, 2.45) is 0 Å². The minimum absolute atomic E-state index is 0. The fraction of sp³-hybridized carbons (Fsp3) is 0. The molecule has 0 fully saturated rings. The van der Waals surface area contributed by atoms with E-state index >= 15 is 0 Å². The second-order valence-corrected chi connectivity index (χ2v) is 0. The van der Waals surface area contributed by atoms with E-state index in [1.165, 1.54) is 0 Å². The molecule has 0 saturated carbocycles. The van der Waals surface area contributed by atoms with Crippen LogP contribution in [0.15, 0.2) is 0 Å². The summed E-state index contributed by atoms with van der Waals surface area (Å²) in [6.07, 6.45) is 0. The van der Waals surface area contributed by atoms with E-state index in [1.54, 1.807) is 0 Å². The molecule has 24 valence electrons. The molecule has 0 aromatic heterocycles. The topological polar surface area (TPSA) is 47.6 Å². The van der Waals surface area contributed by atoms with Crippen molar-refractivity contribution in [3.05, 3.63) is 0 Å². The Hall–Kier alpha value is 0.509. The molecule has 4 heteroatoms. The predicted molar refractivity (Wildman–Crippen MR) is 19.2 cm³/mol. The van der Waals surface area contributed by atoms with E-state index in [9.17, 15) is 0 Å². The van der Waals surface area contributed by atoms with Gasteiger partial charge in [0.2, 0.25) is 0 Å². The number of hydrogen-bond donors (Lipinski definition) is 0. The van der Waals surface area contributed by atoms with Crippen LogP contribution in [0, 0.1) is 10.8 Å². The Morgan fingerprint density at radius 2 is 1.00 bits per heavy atom. The molecule has 0 bridgehead atoms. The normalized spacial score (nSPS) is 0.500. The number of halogens is 1. The molecule has 0 aliphatic rings. The summed E-state index contributed by atoms with van der Waals surface area (Å²) in [7, 11) is 0. The Morgan fingerprint density at radius 3 is 1.00 bits per heavy atom. The van der Waals surface area contributed by atoms with Gasteiger partial charge in [-0.1, -0.05) is 0 Å². The van der Waals surface area contributed by atoms with Crippen molar-refractivity contribution in [3.63, 3.8) is 0 Å². The van der Waals surface area contributed by atoms with E-state index in [1.807, 2.05) is 0 Å². The predicted octanol–water partition coefficient (Wildman–Crippen LogP) is -0.464. The molecule has 0 atom stereocenters. The first kappa shape index (κ1) is 24.4. The second-order valence-electron chi connectivity index (χ2n) is 0. The van der Waals surface area contributed by atoms with Gasteiger partial charge in [0.1, 0.15) is 0 Å². The SMILES string of the molecule is Cl.N#N.[SnH2]. The summed E-state index contributed by atoms with van der Waals surface area (Å²) in [6.45, 7) is 0. The number of rotatable bonds is 0. The van der Waals surface area contributed by atoms with Crippen molar-refractivity contribution >= 4 is 36.3 Å². The Morgan fingerprint density at radius 1 is 1.00 bits per heavy atom. The third kappa shape index (κ3) is 22.1. The van der Waals surface area contributed by atoms with Crippen molar-refractivity contribution < 1.29 is 0 Å². The van der Waals surface area contributed by atoms with Crippen LogP contribution < -0.4 is 0 Å². The zero-order chi connectivity index (χ0) is 2.00. The number of hydrogen-bond acceptors (Lipinski definition) is 2. The molecule has 0 heterocycles. The quantitative estimate of drug-likeness (QED) is 0.378. The van der Waals surface area contributed by atoms with E-state index in [-0.39, 0.29) is 36.3 Å². The Balaban J connectivity index is -0.00000000500. The molecule has 2 nitrogen and oxygen atoms in total. The molecule has 0 aromatic carbocycles. The van der Waals surface area contributed by atoms with E-state index in [0.717, 1.165) is 0 Å². The first-order valence-electron chi connectivity index (χ1n) is 0.200. The molecule has 0 unspecified atom stereocenters. The zero-order valence-electron chi connectivity index (χ0n) is 2.01. The third-order valence-corrected chi connectivity index (χ3v) is 0. The van der Waals surface area contributed by atoms with Crippen molar-refractivity contribution in [2.75, 3.05) is 0 Å². The van der Waals surface area contributed by atoms with Gasteiger partial charge in [-0.3, -0.25) is 0 Å². The van der Waals surface area contributed by atoms with Crippen molar-refractivity contribution in [1.29, 1.82) is 10.8 Å². The van der Waals surface area contributed by atoms with Gasteiger partial charge >= 0.3 is 23.9 Å². The molecule has 0 aliphatic heterocycles. The maximum atomic E-state index is 6.00. The molecular weight excluding hydrogens is 182 g/mol. The zero-order valence-corrected chi connectivity index (χ0v) is 6.86. The van der Waals surface area contributed by atoms with Gasteiger partial charge in [-0.15, -0.1) is 12.4 Å². The summed E-state index contributed by atoms with van der Waals surface area (Å²) in [5, 5.41) is 12.0. The minimum atomic E-state index is 0. The first-order valence-corrected chi connectivity index (χ1v) is 0.200. The van der Waals surface area contributed by atoms with Gasteiger partial charge in [-0.05, 0) is 0 Å². The maximum absolute atomic E-state index is 6.00. The van der Waals surface area contributed by atoms with Gasteiger partial charge in [0, 0.05) is 10.8 Å². The van der Waals surface area contributed by atoms with Gasteiger partial charge in [0.25, 0.3) is 0 Å². The molecule has 2 radical (unpaired) electrons. The Kier molecular flexibility index (Phi) is 520. The molecule has 0 saturated heterocycles. The van der Waals surface area contributed by atoms with Gasteiger partial charge < -0.3 is 0 Å². The van der Waals surface area contributed by atoms with Crippen molar-refractivity contribution in [1.82, 2.24) is 0 Å². The van der Waals surface area contributed by atoms with Crippen LogP contribution in [0.25, 0.3) is 0 Å². The summed E-state index contributed by atoms with van der Waals surface area (Å²) in [6, 6.07) is 0. The number of nitrogens with zero attached hydrogens (tertiary/aromatic N) is 2. The van der Waals surface area contributed by atoms with E-state index in [2.05, 4.69) is 0 Å². The van der Waals surface area contributed by atoms with Gasteiger partial charge in [0.05, 0.1) is 0 Å². The third-order valence-electron chi connectivity index (χ3n) is 0. The standard InChI is InChI=1S/ClH.N2.Sn.2H/c;1-2;;;/h1H;;;;. The summed E-state index contributed by atoms with van der Waals surface area (Å²) in [5.41, 5.74) is 0. The monoisotopic (exact) mass is 186 g/mol. The van der Waals surface area contributed by atoms with E-state index in [4.69, 9.17) is 10.8 Å². The molecular formula is H3ClN2Sn. The van der Waals surface area contributed by atoms with Crippen molar-refractivity contribution in [3.8, 4) is 0 Å². The Bertz CT molecular complexity index is 10.8. The summed E-state index contributed by atoms with van der Waals surface area (Å²) < 4.78 is 0. The Labute approximate surface area is 47.4 Å². The fourth-order valence-electron chi connectivity index (χ4n) is 0. The van der Waals surface area contributed by atoms with Gasteiger partial charge in [-0.25, -0.2) is 0 Å². The molecule has 0 amide bonds. The average molecular weight is 185 g/mol. The molecule has 0 aliphatic carbocycles. The van der Waals surface area contributed by atoms with E-state index < -0.39 is 0 Å².